The van der Waals surface area contributed by atoms with Gasteiger partial charge in [-0.1, -0.05) is 87.8 Å². The van der Waals surface area contributed by atoms with Crippen molar-refractivity contribution in [3.05, 3.63) is 166 Å². The van der Waals surface area contributed by atoms with Gasteiger partial charge >= 0.3 is 17.9 Å². The average Bonchev–Trinajstić information content (AvgIpc) is 4.09. The lowest BCUT2D eigenvalue weighted by atomic mass is 9.95. The molecule has 22 heteroatoms. The van der Waals surface area contributed by atoms with Gasteiger partial charge in [0, 0.05) is 23.5 Å². The Balaban J connectivity index is 0.000000200. The maximum absolute atomic E-state index is 12.9. The number of hydrogen-bond acceptors (Lipinski definition) is 13. The molecule has 404 valence electrons. The number of esters is 3. The molecular weight excluding hydrogens is 1100 g/mol. The van der Waals surface area contributed by atoms with Crippen molar-refractivity contribution in [1.29, 1.82) is 0 Å². The molecule has 16 nitrogen and oxygen atoms in total. The Morgan fingerprint density at radius 2 is 0.974 bits per heavy atom. The number of nitrogen functional groups attached to an aromatic ring is 1. The van der Waals surface area contributed by atoms with Gasteiger partial charge in [0.05, 0.1) is 59.9 Å². The Kier molecular flexibility index (Phi) is 20.1. The number of aromatic nitrogens is 6. The Bertz CT molecular complexity index is 3050. The number of rotatable bonds is 7. The molecule has 0 saturated carbocycles. The number of fused-ring (bicyclic) bond motifs is 2. The van der Waals surface area contributed by atoms with E-state index in [2.05, 4.69) is 31.0 Å². The minimum absolute atomic E-state index is 0.0293. The van der Waals surface area contributed by atoms with Crippen LogP contribution in [-0.2, 0) is 33.4 Å². The topological polar surface area (TPSA) is 210 Å². The Hall–Kier alpha value is -6.27. The Morgan fingerprint density at radius 1 is 0.566 bits per heavy atom. The van der Waals surface area contributed by atoms with Crippen LogP contribution >= 0.6 is 69.6 Å². The van der Waals surface area contributed by atoms with Gasteiger partial charge in [-0.05, 0) is 148 Å². The van der Waals surface area contributed by atoms with Gasteiger partial charge in [-0.3, -0.25) is 9.89 Å². The van der Waals surface area contributed by atoms with Gasteiger partial charge in [-0.2, -0.15) is 15.3 Å². The molecule has 0 bridgehead atoms. The number of carbonyl (C=O) groups is 4. The molecule has 8 rings (SSSR count). The summed E-state index contributed by atoms with van der Waals surface area (Å²) < 4.78 is 19.9. The van der Waals surface area contributed by atoms with Crippen LogP contribution in [0.3, 0.4) is 0 Å². The maximum Gasteiger partial charge on any atom is 0.342 e. The van der Waals surface area contributed by atoms with Crippen LogP contribution in [0.1, 0.15) is 112 Å². The summed E-state index contributed by atoms with van der Waals surface area (Å²) in [6.45, 7) is 21.2. The number of nitrogens with zero attached hydrogens (tertiary/aromatic N) is 5. The van der Waals surface area contributed by atoms with Crippen LogP contribution in [0.25, 0.3) is 6.08 Å². The van der Waals surface area contributed by atoms with E-state index < -0.39 is 46.8 Å². The third-order valence-corrected chi connectivity index (χ3v) is 12.6. The first-order valence-electron chi connectivity index (χ1n) is 23.4. The predicted molar refractivity (Wildman–Crippen MR) is 302 cm³/mol. The second-order valence-electron chi connectivity index (χ2n) is 20.1. The number of ether oxygens (including phenoxy) is 3. The molecular formula is C54H59Cl6N9O7. The van der Waals surface area contributed by atoms with Crippen LogP contribution in [0.5, 0.6) is 0 Å². The first kappa shape index (κ1) is 60.6. The van der Waals surface area contributed by atoms with Gasteiger partial charge in [-0.15, -0.1) is 0 Å². The van der Waals surface area contributed by atoms with Crippen molar-refractivity contribution in [2.24, 2.45) is 0 Å². The van der Waals surface area contributed by atoms with Gasteiger partial charge < -0.3 is 30.6 Å². The lowest BCUT2D eigenvalue weighted by Gasteiger charge is -2.31. The van der Waals surface area contributed by atoms with Crippen molar-refractivity contribution in [2.45, 2.75) is 112 Å². The van der Waals surface area contributed by atoms with Gasteiger partial charge in [0.15, 0.2) is 5.78 Å². The molecule has 2 aliphatic heterocycles. The van der Waals surface area contributed by atoms with Crippen LogP contribution in [-0.4, -0.2) is 70.3 Å². The van der Waals surface area contributed by atoms with E-state index in [1.54, 1.807) is 97.3 Å². The SMILES string of the molecule is CC(=O)C(=Cc1ccc(Cl)c(Cl)c1)C(=O)OC(C)(C)C.CC1=C(C(=O)OC(C)(C)C)C(c2ccc(Cl)c(Cl)c2)n2nccc2N1.CC1=C(C(=O)OC(C)(C)C)C(c2ccc(Cl)c(Cl)c2)n2nccc2N1.Nc1ccn[nH]1. The molecule has 2 atom stereocenters. The highest BCUT2D eigenvalue weighted by atomic mass is 35.5. The number of anilines is 3. The van der Waals surface area contributed by atoms with Crippen molar-refractivity contribution < 1.29 is 33.4 Å². The monoisotopic (exact) mass is 1160 g/mol. The molecule has 5 N–H and O–H groups in total. The number of Topliss-reactive ketones (excluding diaryl/α,β-unsaturated/α-hetero) is 1. The number of nitrogens with two attached hydrogens (primary N) is 1. The second-order valence-corrected chi connectivity index (χ2v) is 22.6. The molecule has 0 saturated heterocycles. The van der Waals surface area contributed by atoms with E-state index in [1.807, 2.05) is 79.7 Å². The third kappa shape index (κ3) is 16.6. The number of nitrogens with one attached hydrogen (secondary N) is 3. The zero-order valence-electron chi connectivity index (χ0n) is 43.8. The van der Waals surface area contributed by atoms with Crippen molar-refractivity contribution >= 4 is 117 Å². The van der Waals surface area contributed by atoms with Crippen molar-refractivity contribution in [1.82, 2.24) is 29.8 Å². The lowest BCUT2D eigenvalue weighted by Crippen LogP contribution is -2.33. The number of ketones is 1. The van der Waals surface area contributed by atoms with Gasteiger partial charge in [0.2, 0.25) is 0 Å². The van der Waals surface area contributed by atoms with E-state index >= 15 is 0 Å². The normalized spacial score (nSPS) is 15.2. The van der Waals surface area contributed by atoms with E-state index in [1.165, 1.54) is 13.0 Å². The van der Waals surface area contributed by atoms with E-state index in [-0.39, 0.29) is 11.4 Å². The van der Waals surface area contributed by atoms with Crippen LogP contribution in [0, 0.1) is 0 Å². The quantitative estimate of drug-likeness (QED) is 0.0386. The third-order valence-electron chi connectivity index (χ3n) is 10.3. The standard InChI is InChI=1S/2C18H19Cl2N3O2.C15H16Cl2O3.C3H5N3/c2*1-10-15(17(24)25-18(2,3)4)16(23-14(22-10)7-8-21-23)11-5-6-12(19)13(20)9-11;1-9(18)11(14(19)20-15(2,3)4)7-10-5-6-12(16)13(17)8-10;4-3-1-2-5-6-3/h2*5-9,16,22H,1-4H3;5-8H,1-4H3;1-2H,(H3,4,5,6). The van der Waals surface area contributed by atoms with Crippen LogP contribution in [0.15, 0.2) is 120 Å². The number of benzene rings is 3. The number of carbonyl (C=O) groups excluding carboxylic acids is 4. The fourth-order valence-electron chi connectivity index (χ4n) is 7.26. The maximum atomic E-state index is 12.9. The van der Waals surface area contributed by atoms with Crippen molar-refractivity contribution in [3.63, 3.8) is 0 Å². The van der Waals surface area contributed by atoms with Crippen LogP contribution in [0.4, 0.5) is 17.5 Å². The van der Waals surface area contributed by atoms with Crippen molar-refractivity contribution in [3.8, 4) is 0 Å². The first-order chi connectivity index (χ1) is 35.3. The smallest absolute Gasteiger partial charge is 0.342 e. The van der Waals surface area contributed by atoms with E-state index in [0.717, 1.165) is 34.2 Å². The first-order valence-corrected chi connectivity index (χ1v) is 25.7. The van der Waals surface area contributed by atoms with Crippen molar-refractivity contribution in [2.75, 3.05) is 16.4 Å². The van der Waals surface area contributed by atoms with Crippen LogP contribution < -0.4 is 16.4 Å². The summed E-state index contributed by atoms with van der Waals surface area (Å²) in [5.41, 5.74) is 7.91. The molecule has 3 aromatic carbocycles. The molecule has 2 unspecified atom stereocenters. The fourth-order valence-corrected chi connectivity index (χ4v) is 8.18. The molecule has 76 heavy (non-hydrogen) atoms. The highest BCUT2D eigenvalue weighted by Crippen LogP contribution is 2.40. The molecule has 5 heterocycles. The molecule has 0 fully saturated rings. The minimum Gasteiger partial charge on any atom is -0.456 e. The molecule has 0 amide bonds. The molecule has 0 spiro atoms. The number of halogens is 6. The second kappa shape index (κ2) is 25.3. The number of aromatic amines is 1. The summed E-state index contributed by atoms with van der Waals surface area (Å²) >= 11 is 36.2. The fraction of sp³-hybridized carbons (Fsp3) is 0.315. The molecule has 3 aromatic heterocycles. The predicted octanol–water partition coefficient (Wildman–Crippen LogP) is 13.9. The average molecular weight is 1160 g/mol. The summed E-state index contributed by atoms with van der Waals surface area (Å²) in [6.07, 6.45) is 6.41. The molecule has 0 radical (unpaired) electrons. The van der Waals surface area contributed by atoms with E-state index in [9.17, 15) is 19.2 Å². The van der Waals surface area contributed by atoms with Crippen LogP contribution in [0.2, 0.25) is 30.1 Å². The summed E-state index contributed by atoms with van der Waals surface area (Å²) in [5, 5.41) is 23.8. The lowest BCUT2D eigenvalue weighted by molar-refractivity contribution is -0.151. The number of H-pyrrole nitrogens is 1. The molecule has 2 aliphatic rings. The summed E-state index contributed by atoms with van der Waals surface area (Å²) in [7, 11) is 0. The summed E-state index contributed by atoms with van der Waals surface area (Å²) in [4.78, 5) is 49.3. The van der Waals surface area contributed by atoms with E-state index in [0.29, 0.717) is 52.7 Å². The van der Waals surface area contributed by atoms with Gasteiger partial charge in [-0.25, -0.2) is 23.7 Å². The Morgan fingerprint density at radius 3 is 1.30 bits per heavy atom. The zero-order chi connectivity index (χ0) is 56.6. The summed E-state index contributed by atoms with van der Waals surface area (Å²) in [5.74, 6) is 0.377. The number of allylic oxidation sites excluding steroid dienone is 2. The van der Waals surface area contributed by atoms with E-state index in [4.69, 9.17) is 89.5 Å². The minimum atomic E-state index is -0.663. The summed E-state index contributed by atoms with van der Waals surface area (Å²) in [6, 6.07) is 20.0. The zero-order valence-corrected chi connectivity index (χ0v) is 48.4. The highest BCUT2D eigenvalue weighted by Gasteiger charge is 2.37. The largest absolute Gasteiger partial charge is 0.456 e. The number of hydrogen-bond donors (Lipinski definition) is 4. The van der Waals surface area contributed by atoms with Gasteiger partial charge in [0.1, 0.15) is 51.9 Å². The highest BCUT2D eigenvalue weighted by molar-refractivity contribution is 6.43. The van der Waals surface area contributed by atoms with Gasteiger partial charge in [0.25, 0.3) is 0 Å². The molecule has 0 aliphatic carbocycles. The molecule has 6 aromatic rings. The Labute approximate surface area is 471 Å².